The third-order valence-electron chi connectivity index (χ3n) is 5.28. The quantitative estimate of drug-likeness (QED) is 0.583. The lowest BCUT2D eigenvalue weighted by Crippen LogP contribution is -2.49. The molecule has 0 aliphatic carbocycles. The van der Waals surface area contributed by atoms with Crippen LogP contribution in [0.3, 0.4) is 0 Å². The van der Waals surface area contributed by atoms with Gasteiger partial charge in [0.05, 0.1) is 16.8 Å². The lowest BCUT2D eigenvalue weighted by atomic mass is 10.1. The highest BCUT2D eigenvalue weighted by atomic mass is 35.5. The largest absolute Gasteiger partial charge is 0.464 e. The molecular formula is C21H27Cl2N3O3S. The second-order valence-corrected chi connectivity index (χ2v) is 9.02. The monoisotopic (exact) mass is 471 g/mol. The van der Waals surface area contributed by atoms with Crippen LogP contribution in [0.5, 0.6) is 0 Å². The molecule has 1 aromatic heterocycles. The standard InChI is InChI=1S/C21H25N3O3S.2ClH/c1-15-5-3-4-6-20(15)28(25,26)23-19-11-17-7-10-27-21(17)18(12-19)14-24-9-8-22-13-16(24)2;;/h3-7,10-12,16,22-23H,8-9,13-14H2,1-2H3;2*1H. The first kappa shape index (κ1) is 24.5. The molecule has 4 rings (SSSR count). The minimum atomic E-state index is -3.66. The average molecular weight is 472 g/mol. The van der Waals surface area contributed by atoms with Crippen LogP contribution in [0, 0.1) is 6.92 Å². The summed E-state index contributed by atoms with van der Waals surface area (Å²) in [6.07, 6.45) is 1.65. The molecule has 1 unspecified atom stereocenters. The molecule has 3 aromatic rings. The molecule has 2 heterocycles. The summed E-state index contributed by atoms with van der Waals surface area (Å²) in [7, 11) is -3.66. The first-order valence-corrected chi connectivity index (χ1v) is 11.0. The van der Waals surface area contributed by atoms with Gasteiger partial charge in [-0.3, -0.25) is 9.62 Å². The molecule has 0 spiro atoms. The number of anilines is 1. The Morgan fingerprint density at radius 3 is 2.70 bits per heavy atom. The Morgan fingerprint density at radius 2 is 1.97 bits per heavy atom. The number of piperazine rings is 1. The molecule has 6 nitrogen and oxygen atoms in total. The second-order valence-electron chi connectivity index (χ2n) is 7.37. The summed E-state index contributed by atoms with van der Waals surface area (Å²) in [6, 6.07) is 13.0. The van der Waals surface area contributed by atoms with Crippen molar-refractivity contribution in [2.45, 2.75) is 31.3 Å². The Kier molecular flexibility index (Phi) is 8.19. The number of furan rings is 1. The number of halogens is 2. The molecule has 0 amide bonds. The summed E-state index contributed by atoms with van der Waals surface area (Å²) < 4.78 is 34.2. The zero-order chi connectivity index (χ0) is 19.7. The summed E-state index contributed by atoms with van der Waals surface area (Å²) in [5.41, 5.74) is 3.06. The number of aryl methyl sites for hydroxylation is 1. The van der Waals surface area contributed by atoms with Gasteiger partial charge in [0.25, 0.3) is 10.0 Å². The zero-order valence-corrected chi connectivity index (χ0v) is 19.4. The van der Waals surface area contributed by atoms with E-state index in [1.165, 1.54) is 0 Å². The van der Waals surface area contributed by atoms with Crippen molar-refractivity contribution in [3.05, 3.63) is 59.9 Å². The number of rotatable bonds is 5. The summed E-state index contributed by atoms with van der Waals surface area (Å²) in [4.78, 5) is 2.67. The normalized spacial score (nSPS) is 17.2. The van der Waals surface area contributed by atoms with Crippen LogP contribution in [0.2, 0.25) is 0 Å². The van der Waals surface area contributed by atoms with E-state index in [0.717, 1.165) is 36.2 Å². The SMILES string of the molecule is Cc1ccccc1S(=O)(=O)Nc1cc(CN2CCNCC2C)c2occc2c1.Cl.Cl. The van der Waals surface area contributed by atoms with E-state index in [1.54, 1.807) is 31.4 Å². The van der Waals surface area contributed by atoms with Crippen LogP contribution < -0.4 is 10.0 Å². The molecule has 0 saturated carbocycles. The fraction of sp³-hybridized carbons (Fsp3) is 0.333. The van der Waals surface area contributed by atoms with Crippen LogP contribution in [-0.4, -0.2) is 39.0 Å². The highest BCUT2D eigenvalue weighted by Crippen LogP contribution is 2.28. The maximum Gasteiger partial charge on any atom is 0.262 e. The molecule has 1 aliphatic rings. The molecule has 1 fully saturated rings. The molecule has 0 radical (unpaired) electrons. The molecule has 30 heavy (non-hydrogen) atoms. The van der Waals surface area contributed by atoms with Gasteiger partial charge >= 0.3 is 0 Å². The Balaban J connectivity index is 0.00000160. The number of hydrogen-bond donors (Lipinski definition) is 2. The molecular weight excluding hydrogens is 445 g/mol. The van der Waals surface area contributed by atoms with Crippen molar-refractivity contribution in [1.82, 2.24) is 10.2 Å². The van der Waals surface area contributed by atoms with Crippen molar-refractivity contribution in [1.29, 1.82) is 0 Å². The number of fused-ring (bicyclic) bond motifs is 1. The predicted octanol–water partition coefficient (Wildman–Crippen LogP) is 4.18. The number of nitrogens with one attached hydrogen (secondary N) is 2. The first-order valence-electron chi connectivity index (χ1n) is 9.47. The number of hydrogen-bond acceptors (Lipinski definition) is 5. The van der Waals surface area contributed by atoms with Crippen LogP contribution in [0.25, 0.3) is 11.0 Å². The van der Waals surface area contributed by atoms with Crippen molar-refractivity contribution in [2.75, 3.05) is 24.4 Å². The molecule has 2 aromatic carbocycles. The van der Waals surface area contributed by atoms with Gasteiger partial charge < -0.3 is 9.73 Å². The lowest BCUT2D eigenvalue weighted by Gasteiger charge is -2.33. The van der Waals surface area contributed by atoms with E-state index in [1.807, 2.05) is 24.3 Å². The average Bonchev–Trinajstić information content (AvgIpc) is 3.12. The third-order valence-corrected chi connectivity index (χ3v) is 6.82. The fourth-order valence-corrected chi connectivity index (χ4v) is 5.03. The van der Waals surface area contributed by atoms with Crippen molar-refractivity contribution < 1.29 is 12.8 Å². The van der Waals surface area contributed by atoms with Crippen LogP contribution in [0.1, 0.15) is 18.1 Å². The number of benzene rings is 2. The topological polar surface area (TPSA) is 74.6 Å². The molecule has 164 valence electrons. The van der Waals surface area contributed by atoms with E-state index >= 15 is 0 Å². The summed E-state index contributed by atoms with van der Waals surface area (Å²) >= 11 is 0. The van der Waals surface area contributed by atoms with Gasteiger partial charge in [0.15, 0.2) is 0 Å². The first-order chi connectivity index (χ1) is 13.4. The maximum absolute atomic E-state index is 12.9. The number of sulfonamides is 1. The fourth-order valence-electron chi connectivity index (χ4n) is 3.74. The van der Waals surface area contributed by atoms with Crippen LogP contribution in [-0.2, 0) is 16.6 Å². The minimum Gasteiger partial charge on any atom is -0.464 e. The number of nitrogens with zero attached hydrogens (tertiary/aromatic N) is 1. The van der Waals surface area contributed by atoms with Crippen LogP contribution in [0.4, 0.5) is 5.69 Å². The smallest absolute Gasteiger partial charge is 0.262 e. The molecule has 9 heteroatoms. The van der Waals surface area contributed by atoms with E-state index < -0.39 is 10.0 Å². The summed E-state index contributed by atoms with van der Waals surface area (Å²) in [6.45, 7) is 7.54. The Morgan fingerprint density at radius 1 is 1.20 bits per heavy atom. The minimum absolute atomic E-state index is 0. The van der Waals surface area contributed by atoms with Crippen LogP contribution in [0.15, 0.2) is 58.0 Å². The van der Waals surface area contributed by atoms with E-state index in [-0.39, 0.29) is 24.8 Å². The Bertz CT molecular complexity index is 1100. The van der Waals surface area contributed by atoms with E-state index in [4.69, 9.17) is 4.42 Å². The van der Waals surface area contributed by atoms with Gasteiger partial charge in [-0.1, -0.05) is 18.2 Å². The van der Waals surface area contributed by atoms with Gasteiger partial charge in [0.2, 0.25) is 0 Å². The van der Waals surface area contributed by atoms with Gasteiger partial charge in [-0.2, -0.15) is 0 Å². The van der Waals surface area contributed by atoms with E-state index in [2.05, 4.69) is 21.9 Å². The Hall–Kier alpha value is -1.77. The highest BCUT2D eigenvalue weighted by Gasteiger charge is 2.21. The van der Waals surface area contributed by atoms with Gasteiger partial charge in [0.1, 0.15) is 5.58 Å². The zero-order valence-electron chi connectivity index (χ0n) is 16.9. The molecule has 1 aliphatic heterocycles. The van der Waals surface area contributed by atoms with Gasteiger partial charge in [0, 0.05) is 43.2 Å². The van der Waals surface area contributed by atoms with E-state index in [0.29, 0.717) is 28.7 Å². The molecule has 1 saturated heterocycles. The van der Waals surface area contributed by atoms with Crippen molar-refractivity contribution in [3.8, 4) is 0 Å². The lowest BCUT2D eigenvalue weighted by molar-refractivity contribution is 0.166. The van der Waals surface area contributed by atoms with Crippen molar-refractivity contribution in [3.63, 3.8) is 0 Å². The van der Waals surface area contributed by atoms with Crippen molar-refractivity contribution >= 4 is 51.5 Å². The van der Waals surface area contributed by atoms with Gasteiger partial charge in [-0.05, 0) is 43.7 Å². The Labute approximate surface area is 189 Å². The molecule has 2 N–H and O–H groups in total. The molecule has 0 bridgehead atoms. The third kappa shape index (κ3) is 5.10. The summed E-state index contributed by atoms with van der Waals surface area (Å²) in [5, 5.41) is 4.28. The highest BCUT2D eigenvalue weighted by molar-refractivity contribution is 7.92. The van der Waals surface area contributed by atoms with Crippen molar-refractivity contribution in [2.24, 2.45) is 0 Å². The van der Waals surface area contributed by atoms with Gasteiger partial charge in [-0.25, -0.2) is 8.42 Å². The van der Waals surface area contributed by atoms with Crippen LogP contribution >= 0.6 is 24.8 Å². The van der Waals surface area contributed by atoms with E-state index in [9.17, 15) is 8.42 Å². The predicted molar refractivity (Wildman–Crippen MR) is 125 cm³/mol. The summed E-state index contributed by atoms with van der Waals surface area (Å²) in [5.74, 6) is 0. The second kappa shape index (κ2) is 10.0. The molecule has 1 atom stereocenters. The van der Waals surface area contributed by atoms with Gasteiger partial charge in [-0.15, -0.1) is 24.8 Å². The maximum atomic E-state index is 12.9.